The molecule has 6 unspecified atom stereocenters. The molecule has 0 aliphatic carbocycles. The highest BCUT2D eigenvalue weighted by Gasteiger charge is 2.51. The maximum Gasteiger partial charge on any atom is 0.415 e. The number of rotatable bonds is 11. The highest BCUT2D eigenvalue weighted by Crippen LogP contribution is 2.61. The minimum Gasteiger partial charge on any atom is -0.374 e. The molecule has 1 aromatic rings. The summed E-state index contributed by atoms with van der Waals surface area (Å²) < 4.78 is 52.6. The molecular weight excluding hydrogens is 496 g/mol. The summed E-state index contributed by atoms with van der Waals surface area (Å²) in [5.41, 5.74) is -1.08. The van der Waals surface area contributed by atoms with Crippen LogP contribution in [0.25, 0.3) is 0 Å². The van der Waals surface area contributed by atoms with E-state index in [1.54, 1.807) is 6.26 Å². The number of hydrogen-bond acceptors (Lipinski definition) is 12. The zero-order chi connectivity index (χ0) is 23.4. The number of nitrogens with one attached hydrogen (secondary N) is 2. The van der Waals surface area contributed by atoms with E-state index in [1.807, 2.05) is 0 Å². The van der Waals surface area contributed by atoms with Crippen LogP contribution in [0.1, 0.15) is 11.8 Å². The normalized spacial score (nSPS) is 27.7. The van der Waals surface area contributed by atoms with Crippen LogP contribution in [0, 0.1) is 6.92 Å². The average molecular weight is 521 g/mol. The molecule has 13 nitrogen and oxygen atoms in total. The van der Waals surface area contributed by atoms with E-state index in [0.717, 1.165) is 15.9 Å². The first-order valence-electron chi connectivity index (χ1n) is 8.74. The minimum absolute atomic E-state index is 0.241. The first kappa shape index (κ1) is 26.8. The standard InChI is InChI=1S/C14H25N3O10P2S2/c1-8-6-17(14(19)16-12(8)18)13-11(23-3)10(26-29(22,27-20)31-5)9(25-13)7-24-28(21,15-2)30-4/h6,9-11,13,20H,7H2,1-5H3,(H,15,21)(H,16,18,19). The highest BCUT2D eigenvalue weighted by atomic mass is 32.7. The molecule has 6 atom stereocenters. The summed E-state index contributed by atoms with van der Waals surface area (Å²) in [7, 11) is 2.78. The Bertz CT molecular complexity index is 956. The SMILES string of the molecule is CNP(=O)(OCC1OC(n2cc(C)c(=O)[nH]c2=O)C(OC)C1OP(=O)(OO)SC)SC. The van der Waals surface area contributed by atoms with Crippen molar-refractivity contribution in [3.8, 4) is 0 Å². The Labute approximate surface area is 186 Å². The summed E-state index contributed by atoms with van der Waals surface area (Å²) in [6, 6.07) is 0. The zero-order valence-electron chi connectivity index (χ0n) is 17.4. The second-order valence-corrected chi connectivity index (χ2v) is 14.9. The van der Waals surface area contributed by atoms with Crippen molar-refractivity contribution in [3.63, 3.8) is 0 Å². The molecular formula is C14H25N3O10P2S2. The van der Waals surface area contributed by atoms with Crippen molar-refractivity contribution in [2.75, 3.05) is 33.3 Å². The Morgan fingerprint density at radius 2 is 1.97 bits per heavy atom. The van der Waals surface area contributed by atoms with Crippen LogP contribution in [0.5, 0.6) is 0 Å². The van der Waals surface area contributed by atoms with Crippen LogP contribution in [0.4, 0.5) is 0 Å². The van der Waals surface area contributed by atoms with Crippen molar-refractivity contribution < 1.29 is 37.6 Å². The maximum absolute atomic E-state index is 12.6. The Hall–Kier alpha value is -0.440. The van der Waals surface area contributed by atoms with Gasteiger partial charge in [-0.3, -0.25) is 23.4 Å². The summed E-state index contributed by atoms with van der Waals surface area (Å²) in [6.07, 6.45) is -0.0679. The monoisotopic (exact) mass is 521 g/mol. The van der Waals surface area contributed by atoms with Gasteiger partial charge in [0.1, 0.15) is 18.3 Å². The molecule has 3 N–H and O–H groups in total. The predicted molar refractivity (Wildman–Crippen MR) is 117 cm³/mol. The quantitative estimate of drug-likeness (QED) is 0.219. The fraction of sp³-hybridized carbons (Fsp3) is 0.714. The van der Waals surface area contributed by atoms with Crippen LogP contribution in [0.2, 0.25) is 0 Å². The van der Waals surface area contributed by atoms with Gasteiger partial charge < -0.3 is 14.0 Å². The maximum atomic E-state index is 12.6. The van der Waals surface area contributed by atoms with Gasteiger partial charge >= 0.3 is 19.2 Å². The number of ether oxygens (including phenoxy) is 2. The molecule has 0 saturated carbocycles. The molecule has 17 heteroatoms. The van der Waals surface area contributed by atoms with Gasteiger partial charge in [0.2, 0.25) is 0 Å². The molecule has 0 radical (unpaired) electrons. The molecule has 1 aromatic heterocycles. The van der Waals surface area contributed by atoms with Crippen molar-refractivity contribution in [2.24, 2.45) is 0 Å². The molecule has 2 rings (SSSR count). The molecule has 0 aromatic carbocycles. The molecule has 1 aliphatic rings. The first-order chi connectivity index (χ1) is 14.6. The molecule has 178 valence electrons. The second-order valence-electron chi connectivity index (χ2n) is 6.22. The minimum atomic E-state index is -4.02. The van der Waals surface area contributed by atoms with Crippen molar-refractivity contribution >= 4 is 36.3 Å². The third-order valence-corrected chi connectivity index (χ3v) is 11.2. The lowest BCUT2D eigenvalue weighted by atomic mass is 10.1. The van der Waals surface area contributed by atoms with Crippen LogP contribution in [-0.4, -0.2) is 66.4 Å². The van der Waals surface area contributed by atoms with E-state index in [9.17, 15) is 18.7 Å². The van der Waals surface area contributed by atoms with Gasteiger partial charge in [-0.25, -0.2) is 19.7 Å². The van der Waals surface area contributed by atoms with E-state index < -0.39 is 49.3 Å². The number of hydrogen-bond donors (Lipinski definition) is 3. The largest absolute Gasteiger partial charge is 0.415 e. The fourth-order valence-electron chi connectivity index (χ4n) is 2.84. The fourth-order valence-corrected chi connectivity index (χ4v) is 6.15. The van der Waals surface area contributed by atoms with Crippen LogP contribution in [0.15, 0.2) is 15.8 Å². The van der Waals surface area contributed by atoms with Crippen LogP contribution < -0.4 is 16.3 Å². The smallest absolute Gasteiger partial charge is 0.374 e. The molecule has 0 amide bonds. The molecule has 2 heterocycles. The van der Waals surface area contributed by atoms with Gasteiger partial charge in [-0.1, -0.05) is 11.4 Å². The summed E-state index contributed by atoms with van der Waals surface area (Å²) in [5, 5.41) is 11.6. The van der Waals surface area contributed by atoms with Gasteiger partial charge in [-0.05, 0) is 37.9 Å². The molecule has 1 fully saturated rings. The third-order valence-electron chi connectivity index (χ3n) is 4.48. The van der Waals surface area contributed by atoms with Gasteiger partial charge in [0.15, 0.2) is 6.23 Å². The number of H-pyrrole nitrogens is 1. The topological polar surface area (TPSA) is 167 Å². The van der Waals surface area contributed by atoms with Gasteiger partial charge in [0.05, 0.1) is 6.61 Å². The Kier molecular flexibility index (Phi) is 9.62. The number of nitrogens with zero attached hydrogens (tertiary/aromatic N) is 1. The summed E-state index contributed by atoms with van der Waals surface area (Å²) in [6.45, 7) is -6.06. The second kappa shape index (κ2) is 11.1. The van der Waals surface area contributed by atoms with Crippen molar-refractivity contribution in [1.29, 1.82) is 0 Å². The van der Waals surface area contributed by atoms with E-state index in [1.165, 1.54) is 33.5 Å². The van der Waals surface area contributed by atoms with Crippen LogP contribution in [-0.2, 0) is 32.3 Å². The van der Waals surface area contributed by atoms with Crippen molar-refractivity contribution in [1.82, 2.24) is 14.6 Å². The number of methoxy groups -OCH3 is 1. The summed E-state index contributed by atoms with van der Waals surface area (Å²) in [4.78, 5) is 26.3. The molecule has 0 bridgehead atoms. The number of aryl methyl sites for hydroxylation is 1. The van der Waals surface area contributed by atoms with Crippen molar-refractivity contribution in [2.45, 2.75) is 31.5 Å². The lowest BCUT2D eigenvalue weighted by molar-refractivity contribution is -0.151. The molecule has 31 heavy (non-hydrogen) atoms. The van der Waals surface area contributed by atoms with Gasteiger partial charge in [-0.15, -0.1) is 4.67 Å². The molecule has 1 aliphatic heterocycles. The lowest BCUT2D eigenvalue weighted by Gasteiger charge is -2.26. The van der Waals surface area contributed by atoms with Gasteiger partial charge in [-0.2, -0.15) is 0 Å². The van der Waals surface area contributed by atoms with Gasteiger partial charge in [0, 0.05) is 18.9 Å². The van der Waals surface area contributed by atoms with E-state index in [2.05, 4.69) is 14.7 Å². The van der Waals surface area contributed by atoms with Crippen molar-refractivity contribution in [3.05, 3.63) is 32.6 Å². The molecule has 1 saturated heterocycles. The van der Waals surface area contributed by atoms with Gasteiger partial charge in [0.25, 0.3) is 5.56 Å². The van der Waals surface area contributed by atoms with E-state index >= 15 is 0 Å². The number of aromatic amines is 1. The first-order valence-corrected chi connectivity index (χ1v) is 15.6. The average Bonchev–Trinajstić information content (AvgIpc) is 3.11. The lowest BCUT2D eigenvalue weighted by Crippen LogP contribution is -2.40. The van der Waals surface area contributed by atoms with E-state index in [0.29, 0.717) is 11.4 Å². The summed E-state index contributed by atoms with van der Waals surface area (Å²) in [5.74, 6) is 0. The van der Waals surface area contributed by atoms with Crippen LogP contribution >= 0.6 is 36.3 Å². The summed E-state index contributed by atoms with van der Waals surface area (Å²) >= 11 is 1.60. The predicted octanol–water partition coefficient (Wildman–Crippen LogP) is 1.81. The Balaban J connectivity index is 2.45. The number of aromatic nitrogens is 2. The highest BCUT2D eigenvalue weighted by molar-refractivity contribution is 8.55. The Morgan fingerprint density at radius 1 is 1.29 bits per heavy atom. The molecule has 0 spiro atoms. The van der Waals surface area contributed by atoms with Crippen LogP contribution in [0.3, 0.4) is 0 Å². The zero-order valence-corrected chi connectivity index (χ0v) is 20.8. The third kappa shape index (κ3) is 6.12. The van der Waals surface area contributed by atoms with E-state index in [-0.39, 0.29) is 12.2 Å². The van der Waals surface area contributed by atoms with E-state index in [4.69, 9.17) is 23.8 Å². The Morgan fingerprint density at radius 3 is 2.48 bits per heavy atom.